The van der Waals surface area contributed by atoms with Gasteiger partial charge in [0.05, 0.1) is 18.9 Å². The number of hydrogen-bond donors (Lipinski definition) is 12. The number of benzene rings is 2. The average molecular weight is 1120 g/mol. The van der Waals surface area contributed by atoms with E-state index in [0.717, 1.165) is 16.5 Å². The number of aromatic nitrogens is 3. The second kappa shape index (κ2) is 29.7. The topological polar surface area (TPSA) is 387 Å². The molecule has 15 N–H and O–H groups in total. The van der Waals surface area contributed by atoms with Gasteiger partial charge >= 0.3 is 5.97 Å². The standard InChI is InChI=1S/C56H79N15O10/c1-32(2)23-41(49(74)68-43(27-36-29-60-31-64-36)48(73)63-30-47(72)65-44(55(80)81)24-33(3)4)67-50(75)42(26-35-28-62-39-16-9-8-15-37(35)39)69-52(77)46-19-12-22-71(46)54(79)40(17-10-20-61-56(58)59)66-51(76)45-18-11-21-70(45)53(78)38(57)25-34-13-6-5-7-14-34/h5-9,13-16,28-29,31-33,38,40-46,62H,10-12,17-27,30,57H2,1-4H3,(H,60,64)(H,63,73)(H,65,72)(H,66,76)(H,67,75)(H,68,74)(H,69,77)(H,80,81)(H4,58,59,61)/t38-,40-,41-,42-,43-,44-,45-,46-/m0/s1. The van der Waals surface area contributed by atoms with Gasteiger partial charge in [-0.25, -0.2) is 9.78 Å². The molecule has 4 heterocycles. The van der Waals surface area contributed by atoms with Gasteiger partial charge in [-0.05, 0) is 86.8 Å². The Morgan fingerprint density at radius 2 is 1.28 bits per heavy atom. The molecule has 2 saturated heterocycles. The van der Waals surface area contributed by atoms with Crippen LogP contribution >= 0.6 is 0 Å². The number of carbonyl (C=O) groups is 9. The van der Waals surface area contributed by atoms with Gasteiger partial charge in [0.25, 0.3) is 0 Å². The number of carboxylic acid groups (broad SMARTS) is 1. The molecular formula is C56H79N15O10. The number of para-hydroxylation sites is 1. The van der Waals surface area contributed by atoms with Crippen LogP contribution in [0, 0.1) is 11.8 Å². The van der Waals surface area contributed by atoms with E-state index in [1.807, 2.05) is 68.4 Å². The quantitative estimate of drug-likeness (QED) is 0.0194. The lowest BCUT2D eigenvalue weighted by molar-refractivity contribution is -0.144. The van der Waals surface area contributed by atoms with Crippen LogP contribution in [0.25, 0.3) is 10.9 Å². The van der Waals surface area contributed by atoms with Gasteiger partial charge in [-0.2, -0.15) is 0 Å². The molecule has 8 atom stereocenters. The largest absolute Gasteiger partial charge is 0.480 e. The molecule has 0 spiro atoms. The number of imidazole rings is 1. The Kier molecular flexibility index (Phi) is 22.7. The first-order valence-electron chi connectivity index (χ1n) is 27.7. The summed E-state index contributed by atoms with van der Waals surface area (Å²) in [7, 11) is 0. The first-order valence-corrected chi connectivity index (χ1v) is 27.7. The third-order valence-corrected chi connectivity index (χ3v) is 14.3. The third kappa shape index (κ3) is 18.1. The van der Waals surface area contributed by atoms with E-state index in [1.165, 1.54) is 22.3 Å². The van der Waals surface area contributed by atoms with Crippen LogP contribution in [0.15, 0.2) is 78.3 Å². The van der Waals surface area contributed by atoms with Crippen LogP contribution in [0.3, 0.4) is 0 Å². The Labute approximate surface area is 470 Å². The number of aromatic amines is 2. The zero-order valence-corrected chi connectivity index (χ0v) is 46.5. The van der Waals surface area contributed by atoms with Crippen LogP contribution < -0.4 is 49.1 Å². The molecule has 2 aliphatic rings. The fourth-order valence-corrected chi connectivity index (χ4v) is 10.3. The predicted molar refractivity (Wildman–Crippen MR) is 301 cm³/mol. The van der Waals surface area contributed by atoms with E-state index in [9.17, 15) is 48.3 Å². The van der Waals surface area contributed by atoms with Crippen molar-refractivity contribution in [1.82, 2.24) is 56.7 Å². The average Bonchev–Trinajstić information content (AvgIpc) is 4.33. The monoisotopic (exact) mass is 1120 g/mol. The SMILES string of the molecule is CC(C)C[C@H](NC(=O)CNC(=O)[C@H](Cc1cnc[nH]1)NC(=O)[C@H](CC(C)C)NC(=O)[C@H](Cc1c[nH]c2ccccc12)NC(=O)[C@@H]1CCCN1C(=O)[C@H](CCCN=C(N)N)NC(=O)[C@@H]1CCCN1C(=O)[C@@H](N)Cc1ccccc1)C(=O)O. The van der Waals surface area contributed by atoms with Crippen LogP contribution in [-0.4, -0.2) is 164 Å². The van der Waals surface area contributed by atoms with Gasteiger partial charge in [0.15, 0.2) is 5.96 Å². The van der Waals surface area contributed by atoms with Crippen molar-refractivity contribution >= 4 is 70.1 Å². The number of amides is 8. The number of fused-ring (bicyclic) bond motifs is 1. The number of likely N-dealkylation sites (tertiary alicyclic amines) is 2. The summed E-state index contributed by atoms with van der Waals surface area (Å²) in [6, 6.07) is 7.56. The summed E-state index contributed by atoms with van der Waals surface area (Å²) in [5.74, 6) is -6.78. The Morgan fingerprint density at radius 3 is 1.91 bits per heavy atom. The van der Waals surface area contributed by atoms with Crippen molar-refractivity contribution in [2.75, 3.05) is 26.2 Å². The second-order valence-electron chi connectivity index (χ2n) is 21.6. The Bertz CT molecular complexity index is 2840. The van der Waals surface area contributed by atoms with Crippen LogP contribution in [0.5, 0.6) is 0 Å². The molecule has 0 saturated carbocycles. The molecule has 25 nitrogen and oxygen atoms in total. The zero-order valence-electron chi connectivity index (χ0n) is 46.5. The fourth-order valence-electron chi connectivity index (χ4n) is 10.3. The number of H-pyrrole nitrogens is 2. The van der Waals surface area contributed by atoms with E-state index < -0.39 is 108 Å². The zero-order chi connectivity index (χ0) is 58.8. The number of guanidine groups is 1. The van der Waals surface area contributed by atoms with Gasteiger partial charge in [0, 0.05) is 61.5 Å². The third-order valence-electron chi connectivity index (χ3n) is 14.3. The summed E-state index contributed by atoms with van der Waals surface area (Å²) in [6.45, 7) is 7.28. The lowest BCUT2D eigenvalue weighted by atomic mass is 10.00. The molecule has 81 heavy (non-hydrogen) atoms. The smallest absolute Gasteiger partial charge is 0.326 e. The summed E-state index contributed by atoms with van der Waals surface area (Å²) in [5.41, 5.74) is 20.3. The number of nitrogens with two attached hydrogens (primary N) is 3. The van der Waals surface area contributed by atoms with Gasteiger partial charge in [-0.15, -0.1) is 0 Å². The second-order valence-corrected chi connectivity index (χ2v) is 21.6. The first kappa shape index (κ1) is 61.9. The maximum absolute atomic E-state index is 14.8. The lowest BCUT2D eigenvalue weighted by Crippen LogP contribution is -2.60. The number of hydrogen-bond acceptors (Lipinski definition) is 12. The molecule has 25 heteroatoms. The molecule has 6 rings (SSSR count). The van der Waals surface area contributed by atoms with Crippen molar-refractivity contribution in [3.8, 4) is 0 Å². The highest BCUT2D eigenvalue weighted by Gasteiger charge is 2.42. The molecule has 8 amide bonds. The predicted octanol–water partition coefficient (Wildman–Crippen LogP) is -0.00120. The number of nitrogens with zero attached hydrogens (tertiary/aromatic N) is 4. The minimum atomic E-state index is -1.32. The molecule has 2 aliphatic heterocycles. The highest BCUT2D eigenvalue weighted by Crippen LogP contribution is 2.24. The molecule has 2 aromatic carbocycles. The Morgan fingerprint density at radius 1 is 0.691 bits per heavy atom. The summed E-state index contributed by atoms with van der Waals surface area (Å²) in [5, 5.41) is 26.7. The normalized spacial score (nSPS) is 17.3. The van der Waals surface area contributed by atoms with Crippen molar-refractivity contribution in [1.29, 1.82) is 0 Å². The van der Waals surface area contributed by atoms with Gasteiger partial charge in [-0.3, -0.25) is 43.3 Å². The summed E-state index contributed by atoms with van der Waals surface area (Å²) in [6.07, 6.45) is 6.78. The molecule has 0 unspecified atom stereocenters. The van der Waals surface area contributed by atoms with E-state index in [0.29, 0.717) is 37.1 Å². The van der Waals surface area contributed by atoms with Crippen molar-refractivity contribution in [2.45, 2.75) is 147 Å². The maximum atomic E-state index is 14.8. The van der Waals surface area contributed by atoms with Gasteiger partial charge in [0.2, 0.25) is 47.3 Å². The molecule has 0 aliphatic carbocycles. The number of carbonyl (C=O) groups excluding carboxylic acids is 8. The summed E-state index contributed by atoms with van der Waals surface area (Å²) < 4.78 is 0. The van der Waals surface area contributed by atoms with Crippen molar-refractivity contribution in [3.05, 3.63) is 90.1 Å². The first-order chi connectivity index (χ1) is 38.7. The van der Waals surface area contributed by atoms with E-state index in [-0.39, 0.29) is 82.3 Å². The van der Waals surface area contributed by atoms with E-state index in [4.69, 9.17) is 17.2 Å². The van der Waals surface area contributed by atoms with Gasteiger partial charge in [-0.1, -0.05) is 76.2 Å². The molecule has 0 bridgehead atoms. The van der Waals surface area contributed by atoms with Crippen LogP contribution in [0.4, 0.5) is 0 Å². The number of aliphatic imine (C=N–C) groups is 1. The van der Waals surface area contributed by atoms with Crippen LogP contribution in [0.2, 0.25) is 0 Å². The van der Waals surface area contributed by atoms with Crippen molar-refractivity contribution < 1.29 is 48.3 Å². The number of nitrogens with one attached hydrogen (secondary N) is 8. The summed E-state index contributed by atoms with van der Waals surface area (Å²) >= 11 is 0. The van der Waals surface area contributed by atoms with Crippen LogP contribution in [-0.2, 0) is 62.4 Å². The molecular weight excluding hydrogens is 1040 g/mol. The molecule has 4 aromatic rings. The number of rotatable bonds is 29. The van der Waals surface area contributed by atoms with E-state index in [1.54, 1.807) is 20.0 Å². The maximum Gasteiger partial charge on any atom is 0.326 e. The highest BCUT2D eigenvalue weighted by molar-refractivity contribution is 5.98. The Hall–Kier alpha value is -8.35. The minimum absolute atomic E-state index is 0.0462. The molecule has 0 radical (unpaired) electrons. The number of aliphatic carboxylic acids is 1. The highest BCUT2D eigenvalue weighted by atomic mass is 16.4. The molecule has 2 aromatic heterocycles. The molecule has 438 valence electrons. The van der Waals surface area contributed by atoms with E-state index >= 15 is 0 Å². The summed E-state index contributed by atoms with van der Waals surface area (Å²) in [4.78, 5) is 142. The van der Waals surface area contributed by atoms with Crippen molar-refractivity contribution in [2.24, 2.45) is 34.0 Å². The van der Waals surface area contributed by atoms with Crippen LogP contribution in [0.1, 0.15) is 95.9 Å². The fraction of sp³-hybridized carbons (Fsp3) is 0.518. The Balaban J connectivity index is 1.20. The molecule has 2 fully saturated rings. The van der Waals surface area contributed by atoms with E-state index in [2.05, 4.69) is 51.8 Å². The number of carboxylic acids is 1. The van der Waals surface area contributed by atoms with Gasteiger partial charge < -0.3 is 74.0 Å². The van der Waals surface area contributed by atoms with Gasteiger partial charge in [0.1, 0.15) is 42.3 Å². The van der Waals surface area contributed by atoms with Crippen molar-refractivity contribution in [3.63, 3.8) is 0 Å². The lowest BCUT2D eigenvalue weighted by Gasteiger charge is -2.32. The minimum Gasteiger partial charge on any atom is -0.480 e.